The van der Waals surface area contributed by atoms with Crippen molar-refractivity contribution in [2.24, 2.45) is 5.92 Å². The van der Waals surface area contributed by atoms with Gasteiger partial charge in [0, 0.05) is 17.2 Å². The molecule has 4 aromatic rings. The van der Waals surface area contributed by atoms with E-state index in [0.717, 1.165) is 59.6 Å². The van der Waals surface area contributed by atoms with Crippen LogP contribution in [0.25, 0.3) is 5.69 Å². The number of anilines is 2. The van der Waals surface area contributed by atoms with Crippen molar-refractivity contribution in [2.45, 2.75) is 76.9 Å². The number of hydrogen-bond donors (Lipinski definition) is 3. The fraction of sp³-hybridized carbons (Fsp3) is 0.389. The third kappa shape index (κ3) is 7.15. The summed E-state index contributed by atoms with van der Waals surface area (Å²) < 4.78 is 30.8. The van der Waals surface area contributed by atoms with Gasteiger partial charge in [-0.1, -0.05) is 68.3 Å². The molecule has 3 aromatic carbocycles. The van der Waals surface area contributed by atoms with Crippen molar-refractivity contribution in [3.63, 3.8) is 0 Å². The Morgan fingerprint density at radius 1 is 0.889 bits per heavy atom. The first-order valence-corrected chi connectivity index (χ1v) is 17.2. The lowest BCUT2D eigenvalue weighted by Crippen LogP contribution is -2.34. The fourth-order valence-electron chi connectivity index (χ4n) is 6.39. The molecule has 238 valence electrons. The predicted molar refractivity (Wildman–Crippen MR) is 182 cm³/mol. The van der Waals surface area contributed by atoms with Gasteiger partial charge in [0.2, 0.25) is 0 Å². The van der Waals surface area contributed by atoms with Crippen molar-refractivity contribution in [1.82, 2.24) is 15.1 Å². The van der Waals surface area contributed by atoms with Crippen LogP contribution >= 0.6 is 0 Å². The zero-order chi connectivity index (χ0) is 32.5. The smallest absolute Gasteiger partial charge is 0.317 e. The highest BCUT2D eigenvalue weighted by atomic mass is 32.2. The number of carbonyl (C=O) groups is 1. The fourth-order valence-corrected chi connectivity index (χ4v) is 8.94. The Labute approximate surface area is 267 Å². The van der Waals surface area contributed by atoms with Crippen LogP contribution in [-0.2, 0) is 15.3 Å². The summed E-state index contributed by atoms with van der Waals surface area (Å²) in [6.07, 6.45) is 1.51. The monoisotopic (exact) mass is 627 g/mol. The zero-order valence-corrected chi connectivity index (χ0v) is 28.2. The molecule has 1 aliphatic heterocycles. The van der Waals surface area contributed by atoms with Gasteiger partial charge in [0.1, 0.15) is 5.82 Å². The maximum absolute atomic E-state index is 14.5. The summed E-state index contributed by atoms with van der Waals surface area (Å²) in [6.45, 7) is 15.5. The van der Waals surface area contributed by atoms with Gasteiger partial charge in [0.25, 0.3) is 0 Å². The van der Waals surface area contributed by atoms with Crippen molar-refractivity contribution < 1.29 is 13.2 Å². The molecule has 8 nitrogen and oxygen atoms in total. The van der Waals surface area contributed by atoms with Crippen molar-refractivity contribution in [3.8, 4) is 5.69 Å². The zero-order valence-electron chi connectivity index (χ0n) is 27.4. The number of nitrogens with one attached hydrogen (secondary N) is 3. The Morgan fingerprint density at radius 2 is 1.53 bits per heavy atom. The second kappa shape index (κ2) is 12.8. The first-order chi connectivity index (χ1) is 21.2. The highest BCUT2D eigenvalue weighted by Gasteiger charge is 2.38. The number of nitrogens with zero attached hydrogens (tertiary/aromatic N) is 2. The van der Waals surface area contributed by atoms with Crippen LogP contribution in [0.1, 0.15) is 72.4 Å². The molecule has 1 aliphatic rings. The first kappa shape index (κ1) is 32.4. The van der Waals surface area contributed by atoms with Crippen LogP contribution < -0.4 is 16.0 Å². The van der Waals surface area contributed by atoms with E-state index in [0.29, 0.717) is 22.0 Å². The third-order valence-electron chi connectivity index (χ3n) is 8.51. The number of aromatic nitrogens is 2. The number of aryl methyl sites for hydroxylation is 4. The lowest BCUT2D eigenvalue weighted by atomic mass is 9.90. The highest BCUT2D eigenvalue weighted by Crippen LogP contribution is 2.42. The summed E-state index contributed by atoms with van der Waals surface area (Å²) in [5, 5.41) is 13.4. The molecule has 1 fully saturated rings. The SMILES string of the molecule is Cc1ccc(-n2nc(C(C)(C)C)cc2NC(=O)Nc2cccc(C(C3CCNCC3)S(=O)(=O)c3c(C)cc(C)cc3C)c2)cc1. The highest BCUT2D eigenvalue weighted by molar-refractivity contribution is 7.91. The number of sulfone groups is 1. The molecule has 2 amide bonds. The van der Waals surface area contributed by atoms with E-state index in [1.807, 2.05) is 82.3 Å². The lowest BCUT2D eigenvalue weighted by Gasteiger charge is -2.32. The molecule has 5 rings (SSSR count). The molecule has 2 heterocycles. The van der Waals surface area contributed by atoms with Gasteiger partial charge in [-0.25, -0.2) is 17.9 Å². The van der Waals surface area contributed by atoms with E-state index in [1.54, 1.807) is 16.8 Å². The van der Waals surface area contributed by atoms with E-state index in [-0.39, 0.29) is 11.3 Å². The molecule has 45 heavy (non-hydrogen) atoms. The molecule has 0 spiro atoms. The van der Waals surface area contributed by atoms with E-state index in [4.69, 9.17) is 5.10 Å². The van der Waals surface area contributed by atoms with Crippen molar-refractivity contribution in [2.75, 3.05) is 23.7 Å². The maximum atomic E-state index is 14.5. The molecule has 1 saturated heterocycles. The van der Waals surface area contributed by atoms with Gasteiger partial charge in [-0.2, -0.15) is 5.10 Å². The number of amides is 2. The summed E-state index contributed by atoms with van der Waals surface area (Å²) in [5.41, 5.74) is 6.36. The number of piperidine rings is 1. The summed E-state index contributed by atoms with van der Waals surface area (Å²) in [7, 11) is -3.74. The second-order valence-electron chi connectivity index (χ2n) is 13.4. The average Bonchev–Trinajstić information content (AvgIpc) is 3.37. The summed E-state index contributed by atoms with van der Waals surface area (Å²) in [4.78, 5) is 13.8. The topological polar surface area (TPSA) is 105 Å². The van der Waals surface area contributed by atoms with Crippen molar-refractivity contribution in [3.05, 3.63) is 100 Å². The minimum absolute atomic E-state index is 0.0555. The molecule has 1 unspecified atom stereocenters. The summed E-state index contributed by atoms with van der Waals surface area (Å²) in [6, 6.07) is 20.6. The molecule has 1 aromatic heterocycles. The Hall–Kier alpha value is -3.95. The number of urea groups is 1. The van der Waals surface area contributed by atoms with Crippen LogP contribution in [0.2, 0.25) is 0 Å². The third-order valence-corrected chi connectivity index (χ3v) is 11.0. The van der Waals surface area contributed by atoms with E-state index in [1.165, 1.54) is 0 Å². The van der Waals surface area contributed by atoms with E-state index in [9.17, 15) is 13.2 Å². The number of carbonyl (C=O) groups excluding carboxylic acids is 1. The molecule has 0 aliphatic carbocycles. The number of hydrogen-bond acceptors (Lipinski definition) is 5. The number of benzene rings is 3. The summed E-state index contributed by atoms with van der Waals surface area (Å²) >= 11 is 0. The number of rotatable bonds is 7. The Bertz CT molecular complexity index is 1770. The quantitative estimate of drug-likeness (QED) is 0.196. The molecular weight excluding hydrogens is 582 g/mol. The van der Waals surface area contributed by atoms with Crippen LogP contribution in [-0.4, -0.2) is 37.3 Å². The minimum Gasteiger partial charge on any atom is -0.317 e. The second-order valence-corrected chi connectivity index (χ2v) is 15.4. The van der Waals surface area contributed by atoms with Crippen molar-refractivity contribution in [1.29, 1.82) is 0 Å². The van der Waals surface area contributed by atoms with E-state index < -0.39 is 21.1 Å². The largest absolute Gasteiger partial charge is 0.324 e. The van der Waals surface area contributed by atoms with E-state index in [2.05, 4.69) is 36.7 Å². The molecular formula is C36H45N5O3S. The van der Waals surface area contributed by atoms with Crippen LogP contribution in [0, 0.1) is 33.6 Å². The van der Waals surface area contributed by atoms with Gasteiger partial charge < -0.3 is 10.6 Å². The van der Waals surface area contributed by atoms with Gasteiger partial charge in [-0.15, -0.1) is 0 Å². The van der Waals surface area contributed by atoms with Crippen molar-refractivity contribution >= 4 is 27.4 Å². The Kier molecular flexibility index (Phi) is 9.23. The predicted octanol–water partition coefficient (Wildman–Crippen LogP) is 7.56. The van der Waals surface area contributed by atoms with Gasteiger partial charge in [0.05, 0.1) is 21.5 Å². The minimum atomic E-state index is -3.74. The van der Waals surface area contributed by atoms with Crippen LogP contribution in [0.4, 0.5) is 16.3 Å². The molecule has 0 bridgehead atoms. The van der Waals surface area contributed by atoms with Crippen LogP contribution in [0.3, 0.4) is 0 Å². The Morgan fingerprint density at radius 3 is 2.16 bits per heavy atom. The van der Waals surface area contributed by atoms with Gasteiger partial charge in [0.15, 0.2) is 9.84 Å². The molecule has 1 atom stereocenters. The van der Waals surface area contributed by atoms with Gasteiger partial charge in [-0.3, -0.25) is 5.32 Å². The van der Waals surface area contributed by atoms with Crippen LogP contribution in [0.15, 0.2) is 71.6 Å². The normalized spacial score (nSPS) is 15.1. The maximum Gasteiger partial charge on any atom is 0.324 e. The van der Waals surface area contributed by atoms with Gasteiger partial charge in [-0.05, 0) is 100 Å². The van der Waals surface area contributed by atoms with Crippen LogP contribution in [0.5, 0.6) is 0 Å². The van der Waals surface area contributed by atoms with Gasteiger partial charge >= 0.3 is 6.03 Å². The molecule has 3 N–H and O–H groups in total. The Balaban J connectivity index is 1.46. The average molecular weight is 628 g/mol. The standard InChI is InChI=1S/C36H45N5O3S/c1-23-11-13-30(14-12-23)41-32(22-31(40-41)36(5,6)7)39-35(42)38-29-10-8-9-28(21-29)34(27-15-17-37-18-16-27)45(43,44)33-25(3)19-24(2)20-26(33)4/h8-14,19-22,27,34,37H,15-18H2,1-7H3,(H2,38,39,42). The molecule has 0 saturated carbocycles. The first-order valence-electron chi connectivity index (χ1n) is 15.6. The molecule has 9 heteroatoms. The van der Waals surface area contributed by atoms with E-state index >= 15 is 0 Å². The summed E-state index contributed by atoms with van der Waals surface area (Å²) in [5.74, 6) is 0.484. The lowest BCUT2D eigenvalue weighted by molar-refractivity contribution is 0.262. The molecule has 0 radical (unpaired) electrons.